The Labute approximate surface area is 101 Å². The Balaban J connectivity index is 2.41. The topological polar surface area (TPSA) is 40.6 Å². The molecule has 0 aromatic heterocycles. The summed E-state index contributed by atoms with van der Waals surface area (Å²) in [5.41, 5.74) is 1.92. The molecule has 0 saturated heterocycles. The molecule has 0 saturated carbocycles. The van der Waals surface area contributed by atoms with Crippen molar-refractivity contribution in [2.45, 2.75) is 19.4 Å². The van der Waals surface area contributed by atoms with Crippen LogP contribution < -0.4 is 9.80 Å². The lowest BCUT2D eigenvalue weighted by Crippen LogP contribution is -2.50. The molecule has 0 fully saturated rings. The maximum Gasteiger partial charge on any atom is 0.249 e. The van der Waals surface area contributed by atoms with Gasteiger partial charge in [0, 0.05) is 20.0 Å². The monoisotopic (exact) mass is 232 g/mol. The number of aldehydes is 1. The lowest BCUT2D eigenvalue weighted by atomic mass is 10.1. The highest BCUT2D eigenvalue weighted by atomic mass is 16.2. The van der Waals surface area contributed by atoms with Crippen LogP contribution in [0.15, 0.2) is 24.3 Å². The van der Waals surface area contributed by atoms with Crippen LogP contribution in [0.5, 0.6) is 0 Å². The lowest BCUT2D eigenvalue weighted by Gasteiger charge is -2.39. The summed E-state index contributed by atoms with van der Waals surface area (Å²) in [6.07, 6.45) is 1.22. The Morgan fingerprint density at radius 1 is 1.29 bits per heavy atom. The van der Waals surface area contributed by atoms with Crippen molar-refractivity contribution < 1.29 is 9.59 Å². The summed E-state index contributed by atoms with van der Waals surface area (Å²) in [7, 11) is 1.92. The van der Waals surface area contributed by atoms with Crippen molar-refractivity contribution >= 4 is 23.6 Å². The highest BCUT2D eigenvalue weighted by molar-refractivity contribution is 6.05. The number of amides is 1. The first-order chi connectivity index (χ1) is 8.16. The summed E-state index contributed by atoms with van der Waals surface area (Å²) < 4.78 is 0. The first-order valence-corrected chi connectivity index (χ1v) is 5.73. The summed E-state index contributed by atoms with van der Waals surface area (Å²) in [5, 5.41) is 0. The average Bonchev–Trinajstić information content (AvgIpc) is 2.36. The van der Waals surface area contributed by atoms with E-state index in [2.05, 4.69) is 0 Å². The van der Waals surface area contributed by atoms with Gasteiger partial charge in [0.1, 0.15) is 12.3 Å². The van der Waals surface area contributed by atoms with Gasteiger partial charge in [0.2, 0.25) is 5.91 Å². The minimum absolute atomic E-state index is 0.0491. The van der Waals surface area contributed by atoms with Crippen LogP contribution in [0.4, 0.5) is 11.4 Å². The molecule has 2 rings (SSSR count). The van der Waals surface area contributed by atoms with Gasteiger partial charge in [-0.1, -0.05) is 12.1 Å². The number of anilines is 2. The Bertz CT molecular complexity index is 445. The van der Waals surface area contributed by atoms with Gasteiger partial charge in [-0.05, 0) is 19.1 Å². The van der Waals surface area contributed by atoms with Gasteiger partial charge in [-0.2, -0.15) is 0 Å². The quantitative estimate of drug-likeness (QED) is 0.740. The van der Waals surface area contributed by atoms with Gasteiger partial charge < -0.3 is 14.6 Å². The molecule has 1 heterocycles. The largest absolute Gasteiger partial charge is 0.361 e. The second kappa shape index (κ2) is 4.57. The van der Waals surface area contributed by atoms with E-state index in [1.54, 1.807) is 4.90 Å². The number of hydrogen-bond donors (Lipinski definition) is 0. The molecular weight excluding hydrogens is 216 g/mol. The van der Waals surface area contributed by atoms with Crippen LogP contribution >= 0.6 is 0 Å². The molecule has 0 N–H and O–H groups in total. The van der Waals surface area contributed by atoms with E-state index in [1.165, 1.54) is 0 Å². The maximum absolute atomic E-state index is 12.2. The summed E-state index contributed by atoms with van der Waals surface area (Å²) in [5.74, 6) is 0.0491. The van der Waals surface area contributed by atoms with Gasteiger partial charge in [0.15, 0.2) is 0 Å². The van der Waals surface area contributed by atoms with E-state index in [-0.39, 0.29) is 11.9 Å². The molecule has 4 heteroatoms. The molecule has 1 amide bonds. The number of benzene rings is 1. The molecule has 4 nitrogen and oxygen atoms in total. The van der Waals surface area contributed by atoms with Crippen molar-refractivity contribution in [1.29, 1.82) is 0 Å². The van der Waals surface area contributed by atoms with Crippen molar-refractivity contribution in [3.63, 3.8) is 0 Å². The van der Waals surface area contributed by atoms with E-state index in [1.807, 2.05) is 43.1 Å². The number of para-hydroxylation sites is 2. The fraction of sp³-hybridized carbons (Fsp3) is 0.385. The predicted octanol–water partition coefficient (Wildman–Crippen LogP) is 1.45. The first kappa shape index (κ1) is 11.6. The molecule has 17 heavy (non-hydrogen) atoms. The van der Waals surface area contributed by atoms with Crippen LogP contribution in [0.2, 0.25) is 0 Å². The van der Waals surface area contributed by atoms with Gasteiger partial charge in [-0.3, -0.25) is 4.79 Å². The lowest BCUT2D eigenvalue weighted by molar-refractivity contribution is -0.119. The second-order valence-electron chi connectivity index (χ2n) is 4.22. The van der Waals surface area contributed by atoms with Crippen molar-refractivity contribution in [1.82, 2.24) is 0 Å². The average molecular weight is 232 g/mol. The molecule has 90 valence electrons. The van der Waals surface area contributed by atoms with E-state index in [4.69, 9.17) is 0 Å². The minimum atomic E-state index is -0.184. The van der Waals surface area contributed by atoms with Crippen molar-refractivity contribution in [2.75, 3.05) is 23.4 Å². The Hall–Kier alpha value is -1.84. The molecule has 0 bridgehead atoms. The predicted molar refractivity (Wildman–Crippen MR) is 67.3 cm³/mol. The van der Waals surface area contributed by atoms with E-state index >= 15 is 0 Å². The highest BCUT2D eigenvalue weighted by Crippen LogP contribution is 2.34. The minimum Gasteiger partial charge on any atom is -0.361 e. The maximum atomic E-state index is 12.2. The summed E-state index contributed by atoms with van der Waals surface area (Å²) in [4.78, 5) is 26.3. The molecule has 1 unspecified atom stereocenters. The molecule has 1 aliphatic heterocycles. The van der Waals surface area contributed by atoms with Gasteiger partial charge in [-0.15, -0.1) is 0 Å². The van der Waals surface area contributed by atoms with Gasteiger partial charge in [-0.25, -0.2) is 0 Å². The van der Waals surface area contributed by atoms with Crippen molar-refractivity contribution in [3.05, 3.63) is 24.3 Å². The molecule has 0 aliphatic carbocycles. The van der Waals surface area contributed by atoms with Crippen LogP contribution in [0.3, 0.4) is 0 Å². The molecule has 0 spiro atoms. The molecule has 1 aliphatic rings. The standard InChI is InChI=1S/C13H16N2O2/c1-10-13(17)15(8-5-9-16)12-7-4-3-6-11(12)14(10)2/h3-4,6-7,9-10H,5,8H2,1-2H3. The third-order valence-electron chi connectivity index (χ3n) is 3.23. The zero-order valence-corrected chi connectivity index (χ0v) is 10.1. The highest BCUT2D eigenvalue weighted by Gasteiger charge is 2.32. The van der Waals surface area contributed by atoms with Gasteiger partial charge in [0.25, 0.3) is 0 Å². The van der Waals surface area contributed by atoms with E-state index in [0.717, 1.165) is 17.7 Å². The number of carbonyl (C=O) groups is 2. The third kappa shape index (κ3) is 1.90. The van der Waals surface area contributed by atoms with E-state index in [0.29, 0.717) is 13.0 Å². The molecule has 1 aromatic rings. The molecular formula is C13H16N2O2. The molecule has 1 atom stereocenters. The third-order valence-corrected chi connectivity index (χ3v) is 3.23. The number of rotatable bonds is 3. The van der Waals surface area contributed by atoms with Gasteiger partial charge >= 0.3 is 0 Å². The SMILES string of the molecule is CC1C(=O)N(CCC=O)c2ccccc2N1C. The van der Waals surface area contributed by atoms with Gasteiger partial charge in [0.05, 0.1) is 11.4 Å². The summed E-state index contributed by atoms with van der Waals surface area (Å²) in [6.45, 7) is 2.34. The smallest absolute Gasteiger partial charge is 0.249 e. The number of hydrogen-bond acceptors (Lipinski definition) is 3. The normalized spacial score (nSPS) is 19.2. The van der Waals surface area contributed by atoms with Crippen LogP contribution in [-0.4, -0.2) is 31.8 Å². The van der Waals surface area contributed by atoms with Crippen molar-refractivity contribution in [3.8, 4) is 0 Å². The van der Waals surface area contributed by atoms with Crippen LogP contribution in [0, 0.1) is 0 Å². The Morgan fingerprint density at radius 3 is 2.59 bits per heavy atom. The summed E-state index contributed by atoms with van der Waals surface area (Å²) >= 11 is 0. The van der Waals surface area contributed by atoms with Crippen LogP contribution in [0.1, 0.15) is 13.3 Å². The Kier molecular flexibility index (Phi) is 3.13. The number of likely N-dealkylation sites (N-methyl/N-ethyl adjacent to an activating group) is 1. The van der Waals surface area contributed by atoms with Crippen LogP contribution in [0.25, 0.3) is 0 Å². The zero-order chi connectivity index (χ0) is 12.4. The Morgan fingerprint density at radius 2 is 1.94 bits per heavy atom. The van der Waals surface area contributed by atoms with Crippen molar-refractivity contribution in [2.24, 2.45) is 0 Å². The number of carbonyl (C=O) groups excluding carboxylic acids is 2. The van der Waals surface area contributed by atoms with E-state index in [9.17, 15) is 9.59 Å². The fourth-order valence-corrected chi connectivity index (χ4v) is 2.12. The second-order valence-corrected chi connectivity index (χ2v) is 4.22. The zero-order valence-electron chi connectivity index (χ0n) is 10.1. The molecule has 1 aromatic carbocycles. The molecule has 0 radical (unpaired) electrons. The first-order valence-electron chi connectivity index (χ1n) is 5.73. The number of fused-ring (bicyclic) bond motifs is 1. The fourth-order valence-electron chi connectivity index (χ4n) is 2.12. The van der Waals surface area contributed by atoms with E-state index < -0.39 is 0 Å². The van der Waals surface area contributed by atoms with Crippen LogP contribution in [-0.2, 0) is 9.59 Å². The number of nitrogens with zero attached hydrogens (tertiary/aromatic N) is 2. The summed E-state index contributed by atoms with van der Waals surface area (Å²) in [6, 6.07) is 7.59.